The molecular weight excluding hydrogens is 336 g/mol. The number of hydrogen-bond donors (Lipinski definition) is 0. The molecule has 126 valence electrons. The zero-order chi connectivity index (χ0) is 17.8. The molecule has 1 fully saturated rings. The monoisotopic (exact) mass is 352 g/mol. The van der Waals surface area contributed by atoms with Gasteiger partial charge in [0.15, 0.2) is 5.17 Å². The van der Waals surface area contributed by atoms with Gasteiger partial charge in [0.2, 0.25) is 0 Å². The quantitative estimate of drug-likeness (QED) is 0.624. The minimum absolute atomic E-state index is 0.0845. The lowest BCUT2D eigenvalue weighted by Gasteiger charge is -2.07. The number of carbonyl (C=O) groups excluding carboxylic acids is 2. The second-order valence-corrected chi connectivity index (χ2v) is 6.33. The van der Waals surface area contributed by atoms with Crippen molar-refractivity contribution in [3.63, 3.8) is 0 Å². The summed E-state index contributed by atoms with van der Waals surface area (Å²) in [7, 11) is 3.04. The van der Waals surface area contributed by atoms with E-state index in [0.717, 1.165) is 5.56 Å². The third kappa shape index (κ3) is 3.80. The first-order valence-corrected chi connectivity index (χ1v) is 8.40. The van der Waals surface area contributed by atoms with Crippen LogP contribution in [0.25, 0.3) is 6.08 Å². The van der Waals surface area contributed by atoms with Crippen LogP contribution in [0.1, 0.15) is 15.9 Å². The fourth-order valence-corrected chi connectivity index (χ4v) is 3.24. The summed E-state index contributed by atoms with van der Waals surface area (Å²) in [5.41, 5.74) is 2.09. The van der Waals surface area contributed by atoms with Crippen molar-refractivity contribution < 1.29 is 14.3 Å². The van der Waals surface area contributed by atoms with Gasteiger partial charge in [-0.2, -0.15) is 0 Å². The fourth-order valence-electron chi connectivity index (χ4n) is 2.25. The largest absolute Gasteiger partial charge is 0.465 e. The molecule has 0 aromatic heterocycles. The highest BCUT2D eigenvalue weighted by Gasteiger charge is 2.30. The molecule has 0 radical (unpaired) electrons. The van der Waals surface area contributed by atoms with Crippen molar-refractivity contribution >= 4 is 40.6 Å². The van der Waals surface area contributed by atoms with Gasteiger partial charge in [-0.25, -0.2) is 9.79 Å². The first kappa shape index (κ1) is 17.0. The standard InChI is InChI=1S/C19H16N2O3S/c1-21-17(22)16(12-13-6-4-3-5-7-13)25-19(21)20-15-10-8-14(9-11-15)18(23)24-2/h3-12H,1-2H3/b16-12-,20-19?. The zero-order valence-electron chi connectivity index (χ0n) is 13.8. The normalized spacial score (nSPS) is 17.4. The van der Waals surface area contributed by atoms with Gasteiger partial charge in [-0.3, -0.25) is 9.69 Å². The molecule has 0 bridgehead atoms. The van der Waals surface area contributed by atoms with Crippen molar-refractivity contribution in [2.24, 2.45) is 4.99 Å². The molecule has 25 heavy (non-hydrogen) atoms. The Labute approximate surface area is 150 Å². The van der Waals surface area contributed by atoms with Gasteiger partial charge in [-0.15, -0.1) is 0 Å². The fraction of sp³-hybridized carbons (Fsp3) is 0.105. The van der Waals surface area contributed by atoms with Crippen molar-refractivity contribution in [2.45, 2.75) is 0 Å². The van der Waals surface area contributed by atoms with Gasteiger partial charge >= 0.3 is 5.97 Å². The van der Waals surface area contributed by atoms with E-state index in [1.165, 1.54) is 23.8 Å². The molecule has 0 unspecified atom stereocenters. The van der Waals surface area contributed by atoms with E-state index in [1.54, 1.807) is 31.3 Å². The molecule has 2 aromatic rings. The first-order chi connectivity index (χ1) is 12.1. The maximum atomic E-state index is 12.4. The number of thioether (sulfide) groups is 1. The third-order valence-electron chi connectivity index (χ3n) is 3.61. The molecule has 1 saturated heterocycles. The molecule has 3 rings (SSSR count). The van der Waals surface area contributed by atoms with Gasteiger partial charge in [-0.05, 0) is 47.7 Å². The van der Waals surface area contributed by atoms with E-state index in [2.05, 4.69) is 9.73 Å². The number of carbonyl (C=O) groups is 2. The SMILES string of the molecule is COC(=O)c1ccc(N=C2S/C(=C\c3ccccc3)C(=O)N2C)cc1. The minimum atomic E-state index is -0.394. The Hall–Kier alpha value is -2.86. The summed E-state index contributed by atoms with van der Waals surface area (Å²) in [5, 5.41) is 0.595. The zero-order valence-corrected chi connectivity index (χ0v) is 14.6. The van der Waals surface area contributed by atoms with Crippen LogP contribution in [-0.2, 0) is 9.53 Å². The summed E-state index contributed by atoms with van der Waals surface area (Å²) >= 11 is 1.33. The van der Waals surface area contributed by atoms with Crippen molar-refractivity contribution in [2.75, 3.05) is 14.2 Å². The van der Waals surface area contributed by atoms with Crippen LogP contribution < -0.4 is 0 Å². The highest BCUT2D eigenvalue weighted by atomic mass is 32.2. The second kappa shape index (κ2) is 7.36. The molecule has 2 aromatic carbocycles. The molecule has 0 N–H and O–H groups in total. The number of rotatable bonds is 3. The van der Waals surface area contributed by atoms with Crippen LogP contribution in [0.4, 0.5) is 5.69 Å². The van der Waals surface area contributed by atoms with Gasteiger partial charge in [0.05, 0.1) is 23.3 Å². The summed E-state index contributed by atoms with van der Waals surface area (Å²) in [5.74, 6) is -0.478. The molecule has 1 heterocycles. The van der Waals surface area contributed by atoms with E-state index >= 15 is 0 Å². The number of benzene rings is 2. The van der Waals surface area contributed by atoms with Crippen molar-refractivity contribution in [1.82, 2.24) is 4.90 Å². The summed E-state index contributed by atoms with van der Waals surface area (Å²) in [4.78, 5) is 30.5. The Bertz CT molecular complexity index is 858. The van der Waals surface area contributed by atoms with E-state index in [-0.39, 0.29) is 5.91 Å². The summed E-state index contributed by atoms with van der Waals surface area (Å²) in [6.07, 6.45) is 1.85. The topological polar surface area (TPSA) is 59.0 Å². The minimum Gasteiger partial charge on any atom is -0.465 e. The average Bonchev–Trinajstić information content (AvgIpc) is 2.90. The molecular formula is C19H16N2O3S. The molecule has 5 nitrogen and oxygen atoms in total. The number of esters is 1. The first-order valence-electron chi connectivity index (χ1n) is 7.58. The van der Waals surface area contributed by atoms with E-state index < -0.39 is 5.97 Å². The van der Waals surface area contributed by atoms with E-state index in [9.17, 15) is 9.59 Å². The predicted molar refractivity (Wildman–Crippen MR) is 99.7 cm³/mol. The van der Waals surface area contributed by atoms with E-state index in [0.29, 0.717) is 21.3 Å². The number of likely N-dealkylation sites (N-methyl/N-ethyl adjacent to an activating group) is 1. The highest BCUT2D eigenvalue weighted by molar-refractivity contribution is 8.18. The lowest BCUT2D eigenvalue weighted by Crippen LogP contribution is -2.23. The van der Waals surface area contributed by atoms with Crippen LogP contribution in [0, 0.1) is 0 Å². The van der Waals surface area contributed by atoms with Crippen LogP contribution in [0.2, 0.25) is 0 Å². The Morgan fingerprint density at radius 3 is 2.44 bits per heavy atom. The van der Waals surface area contributed by atoms with Crippen LogP contribution in [0.3, 0.4) is 0 Å². The number of amidine groups is 1. The Kier molecular flexibility index (Phi) is 5.00. The average molecular weight is 352 g/mol. The maximum absolute atomic E-state index is 12.4. The number of aliphatic imine (C=N–C) groups is 1. The Morgan fingerprint density at radius 2 is 1.80 bits per heavy atom. The van der Waals surface area contributed by atoms with Crippen LogP contribution >= 0.6 is 11.8 Å². The summed E-state index contributed by atoms with van der Waals surface area (Å²) in [6, 6.07) is 16.4. The van der Waals surface area contributed by atoms with Crippen molar-refractivity contribution in [3.8, 4) is 0 Å². The number of ether oxygens (including phenoxy) is 1. The molecule has 6 heteroatoms. The van der Waals surface area contributed by atoms with Crippen molar-refractivity contribution in [1.29, 1.82) is 0 Å². The number of methoxy groups -OCH3 is 1. The van der Waals surface area contributed by atoms with E-state index in [1.807, 2.05) is 36.4 Å². The van der Waals surface area contributed by atoms with Gasteiger partial charge in [-0.1, -0.05) is 30.3 Å². The molecule has 1 aliphatic heterocycles. The predicted octanol–water partition coefficient (Wildman–Crippen LogP) is 3.71. The lowest BCUT2D eigenvalue weighted by molar-refractivity contribution is -0.121. The Morgan fingerprint density at radius 1 is 1.12 bits per heavy atom. The second-order valence-electron chi connectivity index (χ2n) is 5.32. The third-order valence-corrected chi connectivity index (χ3v) is 4.67. The van der Waals surface area contributed by atoms with Crippen LogP contribution in [0.15, 0.2) is 64.5 Å². The number of nitrogens with zero attached hydrogens (tertiary/aromatic N) is 2. The lowest BCUT2D eigenvalue weighted by atomic mass is 10.2. The molecule has 1 aliphatic rings. The molecule has 0 spiro atoms. The van der Waals surface area contributed by atoms with Crippen molar-refractivity contribution in [3.05, 3.63) is 70.6 Å². The highest BCUT2D eigenvalue weighted by Crippen LogP contribution is 2.33. The molecule has 0 saturated carbocycles. The number of hydrogen-bond acceptors (Lipinski definition) is 5. The summed E-state index contributed by atoms with van der Waals surface area (Å²) < 4.78 is 4.67. The van der Waals surface area contributed by atoms with Crippen LogP contribution in [-0.4, -0.2) is 36.1 Å². The van der Waals surface area contributed by atoms with Gasteiger partial charge in [0, 0.05) is 7.05 Å². The molecule has 0 aliphatic carbocycles. The Balaban J connectivity index is 1.83. The van der Waals surface area contributed by atoms with Gasteiger partial charge in [0.25, 0.3) is 5.91 Å². The smallest absolute Gasteiger partial charge is 0.337 e. The van der Waals surface area contributed by atoms with Crippen LogP contribution in [0.5, 0.6) is 0 Å². The van der Waals surface area contributed by atoms with Gasteiger partial charge < -0.3 is 4.74 Å². The molecule has 1 amide bonds. The number of amides is 1. The summed E-state index contributed by atoms with van der Waals surface area (Å²) in [6.45, 7) is 0. The maximum Gasteiger partial charge on any atom is 0.337 e. The molecule has 0 atom stereocenters. The van der Waals surface area contributed by atoms with Gasteiger partial charge in [0.1, 0.15) is 0 Å². The van der Waals surface area contributed by atoms with E-state index in [4.69, 9.17) is 0 Å².